The highest BCUT2D eigenvalue weighted by Gasteiger charge is 2.39. The number of nitrogens with one attached hydrogen (secondary N) is 2. The molecule has 5 nitrogen and oxygen atoms in total. The second kappa shape index (κ2) is 8.40. The molecule has 1 heterocycles. The zero-order valence-electron chi connectivity index (χ0n) is 17.1. The van der Waals surface area contributed by atoms with Crippen LogP contribution in [-0.4, -0.2) is 41.3 Å². The standard InChI is InChI=1S/C24H26FN3O2/c1-28(24(10-2-3-11-24)27-12-4-14-29)23(30)18-7-5-17(6-8-18)20-15-19-9-13-26-22(19)21(25)16-20/h5-9,13-16,26-27H,2-4,10-12H2,1H3. The van der Waals surface area contributed by atoms with Crippen molar-refractivity contribution in [3.05, 3.63) is 60.0 Å². The van der Waals surface area contributed by atoms with Gasteiger partial charge in [-0.1, -0.05) is 12.1 Å². The second-order valence-electron chi connectivity index (χ2n) is 7.96. The molecule has 6 heteroatoms. The number of benzene rings is 2. The molecule has 0 bridgehead atoms. The van der Waals surface area contributed by atoms with Crippen LogP contribution in [0, 0.1) is 5.82 Å². The molecule has 1 aromatic heterocycles. The molecule has 0 unspecified atom stereocenters. The van der Waals surface area contributed by atoms with Crippen molar-refractivity contribution in [3.8, 4) is 11.1 Å². The third-order valence-corrected chi connectivity index (χ3v) is 6.17. The summed E-state index contributed by atoms with van der Waals surface area (Å²) in [5.41, 5.74) is 2.32. The van der Waals surface area contributed by atoms with Crippen LogP contribution >= 0.6 is 0 Å². The molecule has 1 aliphatic rings. The summed E-state index contributed by atoms with van der Waals surface area (Å²) in [5.74, 6) is -0.355. The van der Waals surface area contributed by atoms with Crippen molar-refractivity contribution in [2.45, 2.75) is 37.8 Å². The van der Waals surface area contributed by atoms with Gasteiger partial charge in [0.25, 0.3) is 5.91 Å². The number of aromatic amines is 1. The number of carbonyl (C=O) groups excluding carboxylic acids is 2. The highest BCUT2D eigenvalue weighted by molar-refractivity contribution is 5.95. The Hall–Kier alpha value is -2.99. The van der Waals surface area contributed by atoms with Gasteiger partial charge < -0.3 is 14.7 Å². The van der Waals surface area contributed by atoms with Gasteiger partial charge in [-0.25, -0.2) is 4.39 Å². The van der Waals surface area contributed by atoms with E-state index in [0.29, 0.717) is 24.0 Å². The lowest BCUT2D eigenvalue weighted by atomic mass is 10.0. The highest BCUT2D eigenvalue weighted by atomic mass is 19.1. The number of hydrogen-bond donors (Lipinski definition) is 2. The Morgan fingerprint density at radius 1 is 1.17 bits per heavy atom. The number of hydrogen-bond acceptors (Lipinski definition) is 3. The second-order valence-corrected chi connectivity index (χ2v) is 7.96. The molecular formula is C24H26FN3O2. The van der Waals surface area contributed by atoms with E-state index in [1.165, 1.54) is 6.07 Å². The SMILES string of the molecule is CN(C(=O)c1ccc(-c2cc(F)c3[nH]ccc3c2)cc1)C1(NCCC=O)CCCC1. The zero-order valence-corrected chi connectivity index (χ0v) is 17.1. The average molecular weight is 407 g/mol. The molecule has 1 fully saturated rings. The summed E-state index contributed by atoms with van der Waals surface area (Å²) in [6.45, 7) is 0.563. The molecule has 1 saturated carbocycles. The first-order valence-electron chi connectivity index (χ1n) is 10.4. The number of halogens is 1. The first-order chi connectivity index (χ1) is 14.5. The quantitative estimate of drug-likeness (QED) is 0.344. The summed E-state index contributed by atoms with van der Waals surface area (Å²) in [7, 11) is 1.82. The van der Waals surface area contributed by atoms with Gasteiger partial charge in [0, 0.05) is 37.2 Å². The van der Waals surface area contributed by atoms with Gasteiger partial charge in [-0.15, -0.1) is 0 Å². The molecule has 0 aliphatic heterocycles. The van der Waals surface area contributed by atoms with Crippen LogP contribution in [0.25, 0.3) is 22.0 Å². The maximum Gasteiger partial charge on any atom is 0.255 e. The van der Waals surface area contributed by atoms with E-state index in [0.717, 1.165) is 48.5 Å². The normalized spacial score (nSPS) is 15.4. The lowest BCUT2D eigenvalue weighted by molar-refractivity contribution is -0.107. The van der Waals surface area contributed by atoms with E-state index in [4.69, 9.17) is 0 Å². The molecule has 156 valence electrons. The molecular weight excluding hydrogens is 381 g/mol. The molecule has 1 amide bonds. The van der Waals surface area contributed by atoms with Crippen LogP contribution in [0.1, 0.15) is 42.5 Å². The average Bonchev–Trinajstić information content (AvgIpc) is 3.43. The van der Waals surface area contributed by atoms with Crippen LogP contribution in [-0.2, 0) is 4.79 Å². The molecule has 2 aromatic carbocycles. The van der Waals surface area contributed by atoms with E-state index >= 15 is 0 Å². The fraction of sp³-hybridized carbons (Fsp3) is 0.333. The Morgan fingerprint density at radius 3 is 2.60 bits per heavy atom. The van der Waals surface area contributed by atoms with E-state index in [-0.39, 0.29) is 11.7 Å². The third kappa shape index (κ3) is 3.75. The molecule has 2 N–H and O–H groups in total. The van der Waals surface area contributed by atoms with Gasteiger partial charge in [0.15, 0.2) is 0 Å². The summed E-state index contributed by atoms with van der Waals surface area (Å²) < 4.78 is 14.3. The minimum atomic E-state index is -0.402. The number of aldehydes is 1. The highest BCUT2D eigenvalue weighted by Crippen LogP contribution is 2.33. The fourth-order valence-corrected chi connectivity index (χ4v) is 4.44. The van der Waals surface area contributed by atoms with Crippen LogP contribution in [0.5, 0.6) is 0 Å². The van der Waals surface area contributed by atoms with Crippen molar-refractivity contribution >= 4 is 23.1 Å². The van der Waals surface area contributed by atoms with E-state index < -0.39 is 5.66 Å². The van der Waals surface area contributed by atoms with Gasteiger partial charge in [0.1, 0.15) is 12.1 Å². The summed E-state index contributed by atoms with van der Waals surface area (Å²) in [6.07, 6.45) is 6.90. The fourth-order valence-electron chi connectivity index (χ4n) is 4.44. The molecule has 0 saturated heterocycles. The Morgan fingerprint density at radius 2 is 1.90 bits per heavy atom. The largest absolute Gasteiger partial charge is 0.359 e. The maximum atomic E-state index is 14.3. The predicted octanol–water partition coefficient (Wildman–Crippen LogP) is 4.49. The summed E-state index contributed by atoms with van der Waals surface area (Å²) in [6, 6.07) is 12.6. The molecule has 1 aliphatic carbocycles. The number of carbonyl (C=O) groups is 2. The van der Waals surface area contributed by atoms with Crippen LogP contribution in [0.4, 0.5) is 4.39 Å². The van der Waals surface area contributed by atoms with Gasteiger partial charge in [0.2, 0.25) is 0 Å². The molecule has 0 atom stereocenters. The van der Waals surface area contributed by atoms with Crippen molar-refractivity contribution in [2.24, 2.45) is 0 Å². The van der Waals surface area contributed by atoms with Gasteiger partial charge >= 0.3 is 0 Å². The smallest absolute Gasteiger partial charge is 0.255 e. The van der Waals surface area contributed by atoms with Crippen molar-refractivity contribution in [1.29, 1.82) is 0 Å². The number of nitrogens with zero attached hydrogens (tertiary/aromatic N) is 1. The van der Waals surface area contributed by atoms with Crippen LogP contribution in [0.2, 0.25) is 0 Å². The van der Waals surface area contributed by atoms with Gasteiger partial charge in [0.05, 0.1) is 11.2 Å². The van der Waals surface area contributed by atoms with Crippen molar-refractivity contribution in [1.82, 2.24) is 15.2 Å². The van der Waals surface area contributed by atoms with Crippen LogP contribution in [0.3, 0.4) is 0 Å². The Bertz CT molecular complexity index is 1050. The van der Waals surface area contributed by atoms with Crippen molar-refractivity contribution < 1.29 is 14.0 Å². The Labute approximate surface area is 175 Å². The first-order valence-corrected chi connectivity index (χ1v) is 10.4. The zero-order chi connectivity index (χ0) is 21.1. The molecule has 3 aromatic rings. The number of fused-ring (bicyclic) bond motifs is 1. The number of amides is 1. The lowest BCUT2D eigenvalue weighted by Gasteiger charge is -2.40. The van der Waals surface area contributed by atoms with Crippen LogP contribution in [0.15, 0.2) is 48.7 Å². The lowest BCUT2D eigenvalue weighted by Crippen LogP contribution is -2.57. The van der Waals surface area contributed by atoms with E-state index in [9.17, 15) is 14.0 Å². The molecule has 0 spiro atoms. The Kier molecular flexibility index (Phi) is 5.68. The third-order valence-electron chi connectivity index (χ3n) is 6.17. The Balaban J connectivity index is 1.55. The summed E-state index contributed by atoms with van der Waals surface area (Å²) in [5, 5.41) is 4.25. The molecule has 0 radical (unpaired) electrons. The first kappa shape index (κ1) is 20.3. The number of H-pyrrole nitrogens is 1. The van der Waals surface area contributed by atoms with E-state index in [1.807, 2.05) is 31.3 Å². The summed E-state index contributed by atoms with van der Waals surface area (Å²) >= 11 is 0. The monoisotopic (exact) mass is 407 g/mol. The molecule has 30 heavy (non-hydrogen) atoms. The van der Waals surface area contributed by atoms with E-state index in [2.05, 4.69) is 10.3 Å². The van der Waals surface area contributed by atoms with Gasteiger partial charge in [-0.3, -0.25) is 10.1 Å². The summed E-state index contributed by atoms with van der Waals surface area (Å²) in [4.78, 5) is 28.5. The van der Waals surface area contributed by atoms with Gasteiger partial charge in [-0.2, -0.15) is 0 Å². The van der Waals surface area contributed by atoms with Gasteiger partial charge in [-0.05, 0) is 67.1 Å². The minimum Gasteiger partial charge on any atom is -0.359 e. The van der Waals surface area contributed by atoms with E-state index in [1.54, 1.807) is 23.2 Å². The van der Waals surface area contributed by atoms with Crippen molar-refractivity contribution in [2.75, 3.05) is 13.6 Å². The van der Waals surface area contributed by atoms with Crippen LogP contribution < -0.4 is 5.32 Å². The van der Waals surface area contributed by atoms with Crippen molar-refractivity contribution in [3.63, 3.8) is 0 Å². The predicted molar refractivity (Wildman–Crippen MR) is 116 cm³/mol. The topological polar surface area (TPSA) is 65.2 Å². The maximum absolute atomic E-state index is 14.3. The minimum absolute atomic E-state index is 0.0608. The number of rotatable bonds is 7. The molecule has 4 rings (SSSR count). The number of aromatic nitrogens is 1.